The highest BCUT2D eigenvalue weighted by molar-refractivity contribution is 7.98. The van der Waals surface area contributed by atoms with E-state index < -0.39 is 0 Å². The van der Waals surface area contributed by atoms with Crippen molar-refractivity contribution in [3.05, 3.63) is 80.9 Å². The second-order valence-corrected chi connectivity index (χ2v) is 10.4. The number of pyridine rings is 1. The zero-order valence-corrected chi connectivity index (χ0v) is 23.1. The van der Waals surface area contributed by atoms with Crippen molar-refractivity contribution in [2.45, 2.75) is 44.9 Å². The molecule has 0 spiro atoms. The summed E-state index contributed by atoms with van der Waals surface area (Å²) >= 11 is 1.09. The van der Waals surface area contributed by atoms with Crippen LogP contribution in [0.25, 0.3) is 10.9 Å². The van der Waals surface area contributed by atoms with Crippen LogP contribution in [0.5, 0.6) is 5.88 Å². The Kier molecular flexibility index (Phi) is 7.17. The number of nitrogens with one attached hydrogen (secondary N) is 2. The fraction of sp³-hybridized carbons (Fsp3) is 0.286. The molecule has 1 atom stereocenters. The van der Waals surface area contributed by atoms with Crippen LogP contribution in [0.4, 0.5) is 16.0 Å². The smallest absolute Gasteiger partial charge is 0.262 e. The van der Waals surface area contributed by atoms with E-state index in [-0.39, 0.29) is 23.3 Å². The van der Waals surface area contributed by atoms with Gasteiger partial charge in [-0.3, -0.25) is 18.9 Å². The van der Waals surface area contributed by atoms with Gasteiger partial charge in [0.15, 0.2) is 0 Å². The van der Waals surface area contributed by atoms with Crippen molar-refractivity contribution in [1.82, 2.24) is 19.3 Å². The van der Waals surface area contributed by atoms with Crippen molar-refractivity contribution in [2.24, 2.45) is 7.05 Å². The number of aromatic nitrogens is 3. The van der Waals surface area contributed by atoms with Gasteiger partial charge in [-0.05, 0) is 54.8 Å². The number of carbonyl (C=O) groups excluding carboxylic acids is 1. The predicted octanol–water partition coefficient (Wildman–Crippen LogP) is 4.62. The number of nitrogens with zero attached hydrogens (tertiary/aromatic N) is 4. The lowest BCUT2D eigenvalue weighted by molar-refractivity contribution is -0.117. The Morgan fingerprint density at radius 2 is 1.90 bits per heavy atom. The van der Waals surface area contributed by atoms with Crippen molar-refractivity contribution in [3.8, 4) is 5.88 Å². The number of fused-ring (bicyclic) bond motifs is 2. The van der Waals surface area contributed by atoms with Gasteiger partial charge in [0.25, 0.3) is 5.56 Å². The molecular weight excluding hydrogens is 519 g/mol. The number of aryl methyl sites for hydroxylation is 1. The van der Waals surface area contributed by atoms with Gasteiger partial charge in [-0.2, -0.15) is 0 Å². The number of amides is 1. The van der Waals surface area contributed by atoms with E-state index in [9.17, 15) is 14.0 Å². The fourth-order valence-electron chi connectivity index (χ4n) is 4.81. The van der Waals surface area contributed by atoms with Gasteiger partial charge in [0.2, 0.25) is 17.7 Å². The van der Waals surface area contributed by atoms with Crippen LogP contribution in [-0.2, 0) is 24.9 Å². The Bertz CT molecular complexity index is 1660. The minimum Gasteiger partial charge on any atom is -0.481 e. The van der Waals surface area contributed by atoms with Gasteiger partial charge in [0.1, 0.15) is 10.8 Å². The normalized spacial score (nSPS) is 13.3. The molecule has 39 heavy (non-hydrogen) atoms. The number of methoxy groups -OCH3 is 1. The molecule has 0 bridgehead atoms. The molecule has 0 fully saturated rings. The molecule has 202 valence electrons. The first-order chi connectivity index (χ1) is 18.6. The number of benzene rings is 2. The SMILES string of the molecule is COc1ccc(NC(C)c2cc(C)cc3c(=O)n(C)c(N4Cc5ccc(F)cc5C4)nc23)c(SNC(C)=O)n1. The molecule has 2 aromatic heterocycles. The topological polar surface area (TPSA) is 101 Å². The lowest BCUT2D eigenvalue weighted by atomic mass is 10.0. The highest BCUT2D eigenvalue weighted by atomic mass is 32.2. The third-order valence-corrected chi connectivity index (χ3v) is 7.57. The van der Waals surface area contributed by atoms with Gasteiger partial charge < -0.3 is 15.0 Å². The largest absolute Gasteiger partial charge is 0.481 e. The van der Waals surface area contributed by atoms with E-state index in [1.165, 1.54) is 26.2 Å². The third kappa shape index (κ3) is 5.26. The molecule has 0 saturated carbocycles. The standard InChI is InChI=1S/C28H29FN6O3S/c1-15-10-21(16(2)30-23-8-9-24(38-5)31-26(23)39-33-17(3)36)25-22(11-15)27(37)34(4)28(32-25)35-13-18-6-7-20(29)12-19(18)14-35/h6-12,16,30H,13-14H2,1-5H3,(H,33,36). The molecule has 11 heteroatoms. The number of hydrogen-bond donors (Lipinski definition) is 2. The number of anilines is 2. The van der Waals surface area contributed by atoms with Crippen LogP contribution >= 0.6 is 11.9 Å². The molecule has 4 aromatic rings. The zero-order valence-electron chi connectivity index (χ0n) is 22.3. The van der Waals surface area contributed by atoms with Gasteiger partial charge >= 0.3 is 0 Å². The minimum absolute atomic E-state index is 0.151. The Morgan fingerprint density at radius 1 is 1.13 bits per heavy atom. The van der Waals surface area contributed by atoms with Gasteiger partial charge in [0.05, 0.1) is 29.7 Å². The maximum atomic E-state index is 13.8. The van der Waals surface area contributed by atoms with Gasteiger partial charge in [-0.15, -0.1) is 0 Å². The lowest BCUT2D eigenvalue weighted by Crippen LogP contribution is -2.28. The van der Waals surface area contributed by atoms with Gasteiger partial charge in [0, 0.05) is 50.6 Å². The van der Waals surface area contributed by atoms with E-state index in [4.69, 9.17) is 9.72 Å². The number of rotatable bonds is 7. The number of hydrogen-bond acceptors (Lipinski definition) is 8. The summed E-state index contributed by atoms with van der Waals surface area (Å²) in [4.78, 5) is 36.5. The zero-order chi connectivity index (χ0) is 27.8. The van der Waals surface area contributed by atoms with Crippen LogP contribution in [0.3, 0.4) is 0 Å². The van der Waals surface area contributed by atoms with E-state index in [0.29, 0.717) is 46.5 Å². The molecule has 0 saturated heterocycles. The van der Waals surface area contributed by atoms with Crippen molar-refractivity contribution in [3.63, 3.8) is 0 Å². The second-order valence-electron chi connectivity index (χ2n) is 9.63. The molecule has 2 N–H and O–H groups in total. The first-order valence-corrected chi connectivity index (χ1v) is 13.2. The summed E-state index contributed by atoms with van der Waals surface area (Å²) < 4.78 is 23.3. The quantitative estimate of drug-likeness (QED) is 0.323. The Hall–Kier alpha value is -4.12. The molecular formula is C28H29FN6O3S. The fourth-order valence-corrected chi connectivity index (χ4v) is 5.43. The van der Waals surface area contributed by atoms with Crippen LogP contribution in [0.1, 0.15) is 42.1 Å². The van der Waals surface area contributed by atoms with Crippen molar-refractivity contribution in [2.75, 3.05) is 17.3 Å². The second kappa shape index (κ2) is 10.6. The van der Waals surface area contributed by atoms with E-state index in [2.05, 4.69) is 15.0 Å². The van der Waals surface area contributed by atoms with E-state index in [1.807, 2.05) is 36.9 Å². The highest BCUT2D eigenvalue weighted by Gasteiger charge is 2.25. The van der Waals surface area contributed by atoms with Crippen LogP contribution in [-0.4, -0.2) is 27.6 Å². The van der Waals surface area contributed by atoms with Crippen molar-refractivity contribution >= 4 is 40.4 Å². The molecule has 3 heterocycles. The van der Waals surface area contributed by atoms with Gasteiger partial charge in [-0.1, -0.05) is 12.1 Å². The van der Waals surface area contributed by atoms with Crippen molar-refractivity contribution < 1.29 is 13.9 Å². The number of carbonyl (C=O) groups is 1. The Balaban J connectivity index is 1.55. The van der Waals surface area contributed by atoms with E-state index >= 15 is 0 Å². The molecule has 5 rings (SSSR count). The first-order valence-electron chi connectivity index (χ1n) is 12.4. The van der Waals surface area contributed by atoms with Crippen LogP contribution in [0.15, 0.2) is 52.3 Å². The Labute approximate surface area is 229 Å². The first kappa shape index (κ1) is 26.5. The minimum atomic E-state index is -0.280. The summed E-state index contributed by atoms with van der Waals surface area (Å²) in [5.41, 5.74) is 4.82. The monoisotopic (exact) mass is 548 g/mol. The molecule has 0 radical (unpaired) electrons. The average Bonchev–Trinajstić information content (AvgIpc) is 3.32. The molecule has 9 nitrogen and oxygen atoms in total. The molecule has 1 aliphatic rings. The highest BCUT2D eigenvalue weighted by Crippen LogP contribution is 2.33. The van der Waals surface area contributed by atoms with Crippen LogP contribution < -0.4 is 25.2 Å². The summed E-state index contributed by atoms with van der Waals surface area (Å²) in [6.07, 6.45) is 0. The summed E-state index contributed by atoms with van der Waals surface area (Å²) in [6.45, 7) is 6.37. The van der Waals surface area contributed by atoms with Crippen LogP contribution in [0, 0.1) is 12.7 Å². The van der Waals surface area contributed by atoms with E-state index in [0.717, 1.165) is 34.2 Å². The maximum Gasteiger partial charge on any atom is 0.262 e. The molecule has 1 aliphatic heterocycles. The number of halogens is 1. The maximum absolute atomic E-state index is 13.8. The molecule has 1 unspecified atom stereocenters. The number of ether oxygens (including phenoxy) is 1. The summed E-state index contributed by atoms with van der Waals surface area (Å²) in [6, 6.07) is 11.9. The average molecular weight is 549 g/mol. The summed E-state index contributed by atoms with van der Waals surface area (Å²) in [5, 5.41) is 4.53. The predicted molar refractivity (Wildman–Crippen MR) is 151 cm³/mol. The molecule has 1 amide bonds. The van der Waals surface area contributed by atoms with Crippen LogP contribution in [0.2, 0.25) is 0 Å². The summed E-state index contributed by atoms with van der Waals surface area (Å²) in [7, 11) is 3.24. The molecule has 0 aliphatic carbocycles. The van der Waals surface area contributed by atoms with E-state index in [1.54, 1.807) is 23.7 Å². The molecule has 2 aromatic carbocycles. The third-order valence-electron chi connectivity index (χ3n) is 6.68. The van der Waals surface area contributed by atoms with Crippen molar-refractivity contribution in [1.29, 1.82) is 0 Å². The Morgan fingerprint density at radius 3 is 2.64 bits per heavy atom. The lowest BCUT2D eigenvalue weighted by Gasteiger charge is -2.23. The summed E-state index contributed by atoms with van der Waals surface area (Å²) in [5.74, 6) is 0.461. The van der Waals surface area contributed by atoms with Gasteiger partial charge in [-0.25, -0.2) is 14.4 Å².